The summed E-state index contributed by atoms with van der Waals surface area (Å²) in [6.45, 7) is 2.25. The summed E-state index contributed by atoms with van der Waals surface area (Å²) in [4.78, 5) is 15.7. The normalized spacial score (nSPS) is 22.3. The molecule has 2 rings (SSSR count). The number of amides is 1. The predicted octanol–water partition coefficient (Wildman–Crippen LogP) is 2.85. The lowest BCUT2D eigenvalue weighted by Crippen LogP contribution is -2.15. The van der Waals surface area contributed by atoms with Crippen molar-refractivity contribution in [1.82, 2.24) is 4.98 Å². The van der Waals surface area contributed by atoms with E-state index in [1.54, 1.807) is 18.3 Å². The first kappa shape index (κ1) is 14.8. The maximum Gasteiger partial charge on any atom is 0.224 e. The number of aromatic nitrogens is 1. The van der Waals surface area contributed by atoms with Gasteiger partial charge in [-0.2, -0.15) is 0 Å². The van der Waals surface area contributed by atoms with E-state index in [-0.39, 0.29) is 18.3 Å². The number of nitrogens with one attached hydrogen (secondary N) is 1. The van der Waals surface area contributed by atoms with Gasteiger partial charge in [-0.1, -0.05) is 13.3 Å². The highest BCUT2D eigenvalue weighted by atomic mass is 35.5. The third-order valence-corrected chi connectivity index (χ3v) is 3.35. The largest absolute Gasteiger partial charge is 0.384 e. The molecule has 1 saturated carbocycles. The number of anilines is 2. The number of hydrogen-bond donors (Lipinski definition) is 2. The number of hydrogen-bond acceptors (Lipinski definition) is 3. The Morgan fingerprint density at radius 1 is 1.50 bits per heavy atom. The Kier molecular flexibility index (Phi) is 5.41. The Morgan fingerprint density at radius 2 is 2.28 bits per heavy atom. The molecule has 4 nitrogen and oxygen atoms in total. The molecule has 1 amide bonds. The number of nitrogen functional groups attached to an aromatic ring is 1. The molecule has 0 aromatic carbocycles. The quantitative estimate of drug-likeness (QED) is 0.887. The first-order valence-corrected chi connectivity index (χ1v) is 6.15. The highest BCUT2D eigenvalue weighted by Gasteiger charge is 2.23. The van der Waals surface area contributed by atoms with Gasteiger partial charge in [-0.05, 0) is 36.8 Å². The van der Waals surface area contributed by atoms with E-state index >= 15 is 0 Å². The molecule has 0 spiro atoms. The Labute approximate surface area is 114 Å². The molecule has 0 saturated heterocycles. The number of pyridine rings is 1. The van der Waals surface area contributed by atoms with Gasteiger partial charge in [0.15, 0.2) is 0 Å². The minimum absolute atomic E-state index is 0. The maximum atomic E-state index is 11.8. The molecule has 100 valence electrons. The second-order valence-electron chi connectivity index (χ2n) is 5.01. The van der Waals surface area contributed by atoms with Crippen molar-refractivity contribution in [2.24, 2.45) is 11.8 Å². The summed E-state index contributed by atoms with van der Waals surface area (Å²) in [6, 6.07) is 3.46. The zero-order chi connectivity index (χ0) is 12.3. The van der Waals surface area contributed by atoms with Crippen LogP contribution in [0.5, 0.6) is 0 Å². The SMILES string of the molecule is CC1CCC(CC(=O)Nc2ccc(N)nc2)C1.Cl. The van der Waals surface area contributed by atoms with Crippen LogP contribution in [0.15, 0.2) is 18.3 Å². The summed E-state index contributed by atoms with van der Waals surface area (Å²) in [6.07, 6.45) is 5.81. The fourth-order valence-electron chi connectivity index (χ4n) is 2.46. The second kappa shape index (κ2) is 6.59. The molecule has 2 atom stereocenters. The van der Waals surface area contributed by atoms with Crippen LogP contribution in [0.3, 0.4) is 0 Å². The molecule has 5 heteroatoms. The van der Waals surface area contributed by atoms with Gasteiger partial charge in [0, 0.05) is 6.42 Å². The molecule has 1 aromatic rings. The molecule has 0 aliphatic heterocycles. The third-order valence-electron chi connectivity index (χ3n) is 3.35. The Balaban J connectivity index is 0.00000162. The molecule has 0 radical (unpaired) electrons. The zero-order valence-electron chi connectivity index (χ0n) is 10.6. The van der Waals surface area contributed by atoms with Crippen molar-refractivity contribution in [3.8, 4) is 0 Å². The number of nitrogens with zero attached hydrogens (tertiary/aromatic N) is 1. The molecular formula is C13H20ClN3O. The van der Waals surface area contributed by atoms with Crippen molar-refractivity contribution < 1.29 is 4.79 Å². The van der Waals surface area contributed by atoms with Crippen LogP contribution in [0.25, 0.3) is 0 Å². The fourth-order valence-corrected chi connectivity index (χ4v) is 2.46. The minimum atomic E-state index is 0. The molecule has 3 N–H and O–H groups in total. The van der Waals surface area contributed by atoms with Gasteiger partial charge in [0.05, 0.1) is 11.9 Å². The highest BCUT2D eigenvalue weighted by molar-refractivity contribution is 5.90. The van der Waals surface area contributed by atoms with Gasteiger partial charge in [-0.25, -0.2) is 4.98 Å². The smallest absolute Gasteiger partial charge is 0.224 e. The van der Waals surface area contributed by atoms with Crippen LogP contribution < -0.4 is 11.1 Å². The Hall–Kier alpha value is -1.29. The molecule has 18 heavy (non-hydrogen) atoms. The summed E-state index contributed by atoms with van der Waals surface area (Å²) < 4.78 is 0. The van der Waals surface area contributed by atoms with Crippen molar-refractivity contribution >= 4 is 29.8 Å². The predicted molar refractivity (Wildman–Crippen MR) is 75.6 cm³/mol. The van der Waals surface area contributed by atoms with Gasteiger partial charge in [-0.15, -0.1) is 12.4 Å². The van der Waals surface area contributed by atoms with E-state index in [4.69, 9.17) is 5.73 Å². The van der Waals surface area contributed by atoms with Gasteiger partial charge in [0.25, 0.3) is 0 Å². The van der Waals surface area contributed by atoms with E-state index in [9.17, 15) is 4.79 Å². The van der Waals surface area contributed by atoms with E-state index in [0.29, 0.717) is 18.2 Å². The Bertz CT molecular complexity index is 394. The third kappa shape index (κ3) is 4.18. The summed E-state index contributed by atoms with van der Waals surface area (Å²) in [5.41, 5.74) is 6.20. The van der Waals surface area contributed by atoms with E-state index in [1.165, 1.54) is 19.3 Å². The van der Waals surface area contributed by atoms with Crippen LogP contribution in [0.4, 0.5) is 11.5 Å². The number of carbonyl (C=O) groups is 1. The lowest BCUT2D eigenvalue weighted by molar-refractivity contribution is -0.117. The van der Waals surface area contributed by atoms with Crippen molar-refractivity contribution in [3.63, 3.8) is 0 Å². The van der Waals surface area contributed by atoms with Crippen LogP contribution in [0.2, 0.25) is 0 Å². The van der Waals surface area contributed by atoms with Crippen LogP contribution in [0, 0.1) is 11.8 Å². The monoisotopic (exact) mass is 269 g/mol. The van der Waals surface area contributed by atoms with E-state index in [1.807, 2.05) is 0 Å². The zero-order valence-corrected chi connectivity index (χ0v) is 11.4. The van der Waals surface area contributed by atoms with Crippen molar-refractivity contribution in [2.75, 3.05) is 11.1 Å². The summed E-state index contributed by atoms with van der Waals surface area (Å²) >= 11 is 0. The summed E-state index contributed by atoms with van der Waals surface area (Å²) in [7, 11) is 0. The van der Waals surface area contributed by atoms with Gasteiger partial charge in [-0.3, -0.25) is 4.79 Å². The van der Waals surface area contributed by atoms with E-state index in [0.717, 1.165) is 11.6 Å². The van der Waals surface area contributed by atoms with Crippen molar-refractivity contribution in [2.45, 2.75) is 32.6 Å². The summed E-state index contributed by atoms with van der Waals surface area (Å²) in [5, 5.41) is 2.85. The molecule has 0 bridgehead atoms. The molecule has 1 aromatic heterocycles. The number of carbonyl (C=O) groups excluding carboxylic acids is 1. The van der Waals surface area contributed by atoms with Crippen molar-refractivity contribution in [3.05, 3.63) is 18.3 Å². The highest BCUT2D eigenvalue weighted by Crippen LogP contribution is 2.32. The van der Waals surface area contributed by atoms with Gasteiger partial charge < -0.3 is 11.1 Å². The van der Waals surface area contributed by atoms with Crippen LogP contribution >= 0.6 is 12.4 Å². The van der Waals surface area contributed by atoms with E-state index < -0.39 is 0 Å². The molecule has 1 aliphatic carbocycles. The molecule has 1 heterocycles. The summed E-state index contributed by atoms with van der Waals surface area (Å²) in [5.74, 6) is 1.86. The molecule has 1 aliphatic rings. The number of halogens is 1. The number of rotatable bonds is 3. The van der Waals surface area contributed by atoms with E-state index in [2.05, 4.69) is 17.2 Å². The van der Waals surface area contributed by atoms with Gasteiger partial charge in [0.2, 0.25) is 5.91 Å². The second-order valence-corrected chi connectivity index (χ2v) is 5.01. The van der Waals surface area contributed by atoms with Crippen LogP contribution in [-0.2, 0) is 4.79 Å². The maximum absolute atomic E-state index is 11.8. The number of nitrogens with two attached hydrogens (primary N) is 1. The first-order valence-electron chi connectivity index (χ1n) is 6.15. The van der Waals surface area contributed by atoms with Gasteiger partial charge >= 0.3 is 0 Å². The van der Waals surface area contributed by atoms with Gasteiger partial charge in [0.1, 0.15) is 5.82 Å². The van der Waals surface area contributed by atoms with Crippen LogP contribution in [-0.4, -0.2) is 10.9 Å². The average molecular weight is 270 g/mol. The molecular weight excluding hydrogens is 250 g/mol. The first-order chi connectivity index (χ1) is 8.13. The fraction of sp³-hybridized carbons (Fsp3) is 0.538. The van der Waals surface area contributed by atoms with Crippen LogP contribution in [0.1, 0.15) is 32.6 Å². The Morgan fingerprint density at radius 3 is 2.83 bits per heavy atom. The average Bonchev–Trinajstić information content (AvgIpc) is 2.67. The lowest BCUT2D eigenvalue weighted by Gasteiger charge is -2.09. The standard InChI is InChI=1S/C13H19N3O.ClH/c1-9-2-3-10(6-9)7-13(17)16-11-4-5-12(14)15-8-11;/h4-5,8-10H,2-3,6-7H2,1H3,(H2,14,15)(H,16,17);1H. The molecule has 1 fully saturated rings. The minimum Gasteiger partial charge on any atom is -0.384 e. The van der Waals surface area contributed by atoms with Crippen molar-refractivity contribution in [1.29, 1.82) is 0 Å². The molecule has 2 unspecified atom stereocenters. The topological polar surface area (TPSA) is 68.0 Å². The lowest BCUT2D eigenvalue weighted by atomic mass is 10.0.